The van der Waals surface area contributed by atoms with Crippen LogP contribution in [0.25, 0.3) is 0 Å². The minimum absolute atomic E-state index is 0.0409. The molecule has 1 aromatic rings. The van der Waals surface area contributed by atoms with E-state index >= 15 is 0 Å². The first kappa shape index (κ1) is 7.94. The third-order valence-corrected chi connectivity index (χ3v) is 2.50. The van der Waals surface area contributed by atoms with E-state index in [1.54, 1.807) is 0 Å². The van der Waals surface area contributed by atoms with Crippen molar-refractivity contribution in [3.8, 4) is 17.2 Å². The van der Waals surface area contributed by atoms with E-state index in [-0.39, 0.29) is 6.04 Å². The number of hydrogen-bond donors (Lipinski definition) is 1. The molecule has 1 unspecified atom stereocenters. The molecule has 4 nitrogen and oxygen atoms in total. The van der Waals surface area contributed by atoms with Crippen LogP contribution in [0.2, 0.25) is 0 Å². The van der Waals surface area contributed by atoms with Crippen molar-refractivity contribution in [2.75, 3.05) is 19.8 Å². The summed E-state index contributed by atoms with van der Waals surface area (Å²) in [5, 5.41) is 0. The average molecular weight is 193 g/mol. The molecule has 0 spiro atoms. The Morgan fingerprint density at radius 3 is 2.86 bits per heavy atom. The van der Waals surface area contributed by atoms with Crippen LogP contribution in [0.3, 0.4) is 0 Å². The highest BCUT2D eigenvalue weighted by atomic mass is 16.6. The van der Waals surface area contributed by atoms with Gasteiger partial charge in [-0.25, -0.2) is 0 Å². The monoisotopic (exact) mass is 193 g/mol. The Morgan fingerprint density at radius 1 is 1.07 bits per heavy atom. The van der Waals surface area contributed by atoms with Gasteiger partial charge in [-0.1, -0.05) is 0 Å². The van der Waals surface area contributed by atoms with E-state index in [1.807, 2.05) is 12.1 Å². The Balaban J connectivity index is 2.15. The van der Waals surface area contributed by atoms with Crippen LogP contribution in [-0.4, -0.2) is 19.8 Å². The molecule has 14 heavy (non-hydrogen) atoms. The summed E-state index contributed by atoms with van der Waals surface area (Å²) >= 11 is 0. The number of hydrogen-bond acceptors (Lipinski definition) is 4. The first-order valence-electron chi connectivity index (χ1n) is 4.67. The molecule has 2 aliphatic rings. The molecule has 0 aromatic heterocycles. The van der Waals surface area contributed by atoms with Crippen molar-refractivity contribution < 1.29 is 14.2 Å². The third-order valence-electron chi connectivity index (χ3n) is 2.50. The van der Waals surface area contributed by atoms with Crippen LogP contribution in [0, 0.1) is 0 Å². The van der Waals surface area contributed by atoms with Gasteiger partial charge in [-0.3, -0.25) is 0 Å². The molecule has 0 aliphatic carbocycles. The van der Waals surface area contributed by atoms with E-state index in [0.717, 1.165) is 17.1 Å². The van der Waals surface area contributed by atoms with Crippen LogP contribution in [-0.2, 0) is 0 Å². The van der Waals surface area contributed by atoms with Crippen LogP contribution in [0.4, 0.5) is 0 Å². The molecule has 3 rings (SSSR count). The highest BCUT2D eigenvalue weighted by molar-refractivity contribution is 5.58. The zero-order valence-electron chi connectivity index (χ0n) is 7.66. The highest BCUT2D eigenvalue weighted by Crippen LogP contribution is 2.46. The van der Waals surface area contributed by atoms with E-state index in [4.69, 9.17) is 19.9 Å². The van der Waals surface area contributed by atoms with Gasteiger partial charge in [0.05, 0.1) is 6.04 Å². The van der Waals surface area contributed by atoms with Gasteiger partial charge >= 0.3 is 0 Å². The number of rotatable bonds is 0. The molecule has 4 heteroatoms. The molecule has 0 bridgehead atoms. The molecule has 0 saturated carbocycles. The Morgan fingerprint density at radius 2 is 1.93 bits per heavy atom. The largest absolute Gasteiger partial charge is 0.487 e. The van der Waals surface area contributed by atoms with Gasteiger partial charge in [0.2, 0.25) is 5.75 Å². The lowest BCUT2D eigenvalue weighted by molar-refractivity contribution is 0.164. The lowest BCUT2D eigenvalue weighted by Gasteiger charge is -2.20. The van der Waals surface area contributed by atoms with Crippen LogP contribution < -0.4 is 19.9 Å². The molecule has 0 radical (unpaired) electrons. The van der Waals surface area contributed by atoms with Crippen molar-refractivity contribution in [3.05, 3.63) is 17.7 Å². The van der Waals surface area contributed by atoms with Crippen LogP contribution in [0.1, 0.15) is 11.6 Å². The summed E-state index contributed by atoms with van der Waals surface area (Å²) in [4.78, 5) is 0. The van der Waals surface area contributed by atoms with E-state index in [1.165, 1.54) is 0 Å². The van der Waals surface area contributed by atoms with Crippen molar-refractivity contribution in [1.82, 2.24) is 0 Å². The molecule has 2 heterocycles. The van der Waals surface area contributed by atoms with Crippen LogP contribution >= 0.6 is 0 Å². The summed E-state index contributed by atoms with van der Waals surface area (Å²) in [5.41, 5.74) is 6.87. The molecule has 0 amide bonds. The molecular formula is C10H11NO3. The maximum Gasteiger partial charge on any atom is 0.204 e. The number of fused-ring (bicyclic) bond motifs is 3. The minimum atomic E-state index is -0.0409. The van der Waals surface area contributed by atoms with Crippen molar-refractivity contribution in [3.63, 3.8) is 0 Å². The van der Waals surface area contributed by atoms with E-state index in [2.05, 4.69) is 0 Å². The van der Waals surface area contributed by atoms with Gasteiger partial charge in [0, 0.05) is 5.56 Å². The minimum Gasteiger partial charge on any atom is -0.487 e. The molecule has 0 saturated heterocycles. The van der Waals surface area contributed by atoms with Gasteiger partial charge < -0.3 is 19.9 Å². The zero-order chi connectivity index (χ0) is 9.54. The van der Waals surface area contributed by atoms with Crippen molar-refractivity contribution in [2.45, 2.75) is 6.04 Å². The molecule has 74 valence electrons. The van der Waals surface area contributed by atoms with Crippen molar-refractivity contribution >= 4 is 0 Å². The quantitative estimate of drug-likeness (QED) is 0.663. The molecule has 0 fully saturated rings. The number of benzene rings is 1. The summed E-state index contributed by atoms with van der Waals surface area (Å²) in [6.45, 7) is 1.69. The second-order valence-corrected chi connectivity index (χ2v) is 3.43. The van der Waals surface area contributed by atoms with Gasteiger partial charge in [0.1, 0.15) is 19.8 Å². The summed E-state index contributed by atoms with van der Waals surface area (Å²) in [6.07, 6.45) is 0. The fraction of sp³-hybridized carbons (Fsp3) is 0.400. The summed E-state index contributed by atoms with van der Waals surface area (Å²) in [6, 6.07) is 3.79. The van der Waals surface area contributed by atoms with E-state index < -0.39 is 0 Å². The van der Waals surface area contributed by atoms with E-state index in [9.17, 15) is 0 Å². The van der Waals surface area contributed by atoms with Gasteiger partial charge in [0.25, 0.3) is 0 Å². The summed E-state index contributed by atoms with van der Waals surface area (Å²) in [7, 11) is 0. The topological polar surface area (TPSA) is 53.7 Å². The van der Waals surface area contributed by atoms with Gasteiger partial charge in [-0.05, 0) is 12.1 Å². The normalized spacial score (nSPS) is 22.8. The van der Waals surface area contributed by atoms with Gasteiger partial charge in [-0.15, -0.1) is 0 Å². The van der Waals surface area contributed by atoms with Crippen LogP contribution in [0.5, 0.6) is 17.2 Å². The third kappa shape index (κ3) is 0.974. The SMILES string of the molecule is NC1COc2c1ccc1c2OCCO1. The second-order valence-electron chi connectivity index (χ2n) is 3.43. The predicted octanol–water partition coefficient (Wildman–Crippen LogP) is 0.850. The standard InChI is InChI=1S/C10H11NO3/c11-7-5-14-9-6(7)1-2-8-10(9)13-4-3-12-8/h1-2,7H,3-5,11H2. The lowest BCUT2D eigenvalue weighted by Crippen LogP contribution is -2.15. The zero-order valence-corrected chi connectivity index (χ0v) is 7.66. The van der Waals surface area contributed by atoms with E-state index in [0.29, 0.717) is 25.6 Å². The van der Waals surface area contributed by atoms with Crippen molar-refractivity contribution in [1.29, 1.82) is 0 Å². The number of ether oxygens (including phenoxy) is 3. The maximum absolute atomic E-state index is 5.86. The summed E-state index contributed by atoms with van der Waals surface area (Å²) < 4.78 is 16.4. The molecular weight excluding hydrogens is 182 g/mol. The Labute approximate surface area is 81.6 Å². The fourth-order valence-corrected chi connectivity index (χ4v) is 1.81. The first-order chi connectivity index (χ1) is 6.86. The average Bonchev–Trinajstić information content (AvgIpc) is 2.61. The second kappa shape index (κ2) is 2.78. The molecule has 1 atom stereocenters. The Kier molecular flexibility index (Phi) is 1.58. The summed E-state index contributed by atoms with van der Waals surface area (Å²) in [5.74, 6) is 2.22. The van der Waals surface area contributed by atoms with Crippen molar-refractivity contribution in [2.24, 2.45) is 5.73 Å². The molecule has 2 aliphatic heterocycles. The molecule has 1 aromatic carbocycles. The smallest absolute Gasteiger partial charge is 0.204 e. The lowest BCUT2D eigenvalue weighted by atomic mass is 10.1. The fourth-order valence-electron chi connectivity index (χ4n) is 1.81. The Hall–Kier alpha value is -1.42. The maximum atomic E-state index is 5.86. The number of nitrogens with two attached hydrogens (primary N) is 1. The van der Waals surface area contributed by atoms with Crippen LogP contribution in [0.15, 0.2) is 12.1 Å². The Bertz CT molecular complexity index is 378. The predicted molar refractivity (Wildman–Crippen MR) is 49.9 cm³/mol. The molecule has 2 N–H and O–H groups in total. The highest BCUT2D eigenvalue weighted by Gasteiger charge is 2.28. The first-order valence-corrected chi connectivity index (χ1v) is 4.67. The van der Waals surface area contributed by atoms with Gasteiger partial charge in [-0.2, -0.15) is 0 Å². The van der Waals surface area contributed by atoms with Gasteiger partial charge in [0.15, 0.2) is 11.5 Å².